The predicted octanol–water partition coefficient (Wildman–Crippen LogP) is 2.40. The summed E-state index contributed by atoms with van der Waals surface area (Å²) in [7, 11) is 2.84. The summed E-state index contributed by atoms with van der Waals surface area (Å²) in [4.78, 5) is 24.1. The second-order valence-corrected chi connectivity index (χ2v) is 4.98. The predicted molar refractivity (Wildman–Crippen MR) is 77.6 cm³/mol. The highest BCUT2D eigenvalue weighted by Crippen LogP contribution is 2.19. The number of halogens is 1. The van der Waals surface area contributed by atoms with Crippen LogP contribution in [-0.2, 0) is 14.3 Å². The first-order valence-electron chi connectivity index (χ1n) is 5.70. The second kappa shape index (κ2) is 7.09. The van der Waals surface area contributed by atoms with Gasteiger partial charge in [-0.15, -0.1) is 0 Å². The third-order valence-electron chi connectivity index (χ3n) is 2.53. The van der Waals surface area contributed by atoms with Crippen LogP contribution in [0.1, 0.15) is 11.1 Å². The van der Waals surface area contributed by atoms with Gasteiger partial charge in [0.1, 0.15) is 6.54 Å². The van der Waals surface area contributed by atoms with Crippen molar-refractivity contribution in [2.45, 2.75) is 6.92 Å². The largest absolute Gasteiger partial charge is 0.468 e. The molecule has 0 N–H and O–H groups in total. The van der Waals surface area contributed by atoms with Crippen molar-refractivity contribution in [2.75, 3.05) is 20.7 Å². The van der Waals surface area contributed by atoms with Gasteiger partial charge in [0.05, 0.1) is 7.11 Å². The first-order chi connectivity index (χ1) is 8.93. The summed E-state index contributed by atoms with van der Waals surface area (Å²) >= 11 is 3.44. The molecule has 0 atom stereocenters. The molecule has 1 aromatic rings. The van der Waals surface area contributed by atoms with Gasteiger partial charge in [0.15, 0.2) is 0 Å². The van der Waals surface area contributed by atoms with Crippen LogP contribution in [0.3, 0.4) is 0 Å². The summed E-state index contributed by atoms with van der Waals surface area (Å²) in [6.07, 6.45) is 3.14. The van der Waals surface area contributed by atoms with Crippen LogP contribution in [0.4, 0.5) is 0 Å². The topological polar surface area (TPSA) is 46.6 Å². The number of aryl methyl sites for hydroxylation is 1. The zero-order valence-electron chi connectivity index (χ0n) is 11.1. The van der Waals surface area contributed by atoms with E-state index < -0.39 is 5.97 Å². The van der Waals surface area contributed by atoms with Crippen molar-refractivity contribution in [3.63, 3.8) is 0 Å². The van der Waals surface area contributed by atoms with Gasteiger partial charge in [-0.1, -0.05) is 28.1 Å². The van der Waals surface area contributed by atoms with Crippen LogP contribution in [0.25, 0.3) is 6.08 Å². The Bertz CT molecular complexity index is 511. The SMILES string of the molecule is COC(=O)CN(C)C(=O)/C=C/c1ccc(C)cc1Br. The fourth-order valence-electron chi connectivity index (χ4n) is 1.39. The minimum absolute atomic E-state index is 0.0608. The number of benzene rings is 1. The minimum atomic E-state index is -0.444. The Morgan fingerprint density at radius 3 is 2.68 bits per heavy atom. The number of methoxy groups -OCH3 is 1. The van der Waals surface area contributed by atoms with E-state index >= 15 is 0 Å². The average molecular weight is 326 g/mol. The number of esters is 1. The van der Waals surface area contributed by atoms with E-state index in [1.807, 2.05) is 25.1 Å². The van der Waals surface area contributed by atoms with Crippen LogP contribution >= 0.6 is 15.9 Å². The fraction of sp³-hybridized carbons (Fsp3) is 0.286. The number of carbonyl (C=O) groups excluding carboxylic acids is 2. The number of amides is 1. The van der Waals surface area contributed by atoms with E-state index in [2.05, 4.69) is 20.7 Å². The van der Waals surface area contributed by atoms with Gasteiger partial charge in [-0.2, -0.15) is 0 Å². The normalized spacial score (nSPS) is 10.5. The maximum Gasteiger partial charge on any atom is 0.325 e. The van der Waals surface area contributed by atoms with Gasteiger partial charge in [-0.25, -0.2) is 0 Å². The number of nitrogens with zero attached hydrogens (tertiary/aromatic N) is 1. The number of likely N-dealkylation sites (N-methyl/N-ethyl adjacent to an activating group) is 1. The molecule has 5 heteroatoms. The standard InChI is InChI=1S/C14H16BrNO3/c1-10-4-5-11(12(15)8-10)6-7-13(17)16(2)9-14(18)19-3/h4-8H,9H2,1-3H3/b7-6+. The van der Waals surface area contributed by atoms with Crippen molar-refractivity contribution >= 4 is 33.9 Å². The number of carbonyl (C=O) groups is 2. The number of hydrogen-bond acceptors (Lipinski definition) is 3. The molecule has 1 aromatic carbocycles. The third-order valence-corrected chi connectivity index (χ3v) is 3.22. The average Bonchev–Trinajstić information content (AvgIpc) is 2.37. The molecular formula is C14H16BrNO3. The van der Waals surface area contributed by atoms with Gasteiger partial charge in [0.25, 0.3) is 0 Å². The van der Waals surface area contributed by atoms with Gasteiger partial charge in [0.2, 0.25) is 5.91 Å². The minimum Gasteiger partial charge on any atom is -0.468 e. The summed E-state index contributed by atoms with van der Waals surface area (Å²) in [6.45, 7) is 1.93. The van der Waals surface area contributed by atoms with Crippen LogP contribution < -0.4 is 0 Å². The lowest BCUT2D eigenvalue weighted by molar-refractivity contribution is -0.144. The highest BCUT2D eigenvalue weighted by atomic mass is 79.9. The molecule has 0 heterocycles. The molecule has 0 saturated carbocycles. The Labute approximate surface area is 121 Å². The van der Waals surface area contributed by atoms with E-state index in [0.29, 0.717) is 0 Å². The molecule has 4 nitrogen and oxygen atoms in total. The van der Waals surface area contributed by atoms with Gasteiger partial charge < -0.3 is 9.64 Å². The molecule has 0 radical (unpaired) electrons. The fourth-order valence-corrected chi connectivity index (χ4v) is 2.02. The van der Waals surface area contributed by atoms with Gasteiger partial charge in [-0.3, -0.25) is 9.59 Å². The van der Waals surface area contributed by atoms with Crippen LogP contribution in [0, 0.1) is 6.92 Å². The zero-order valence-corrected chi connectivity index (χ0v) is 12.7. The molecule has 102 valence electrons. The van der Waals surface area contributed by atoms with Gasteiger partial charge >= 0.3 is 5.97 Å². The Hall–Kier alpha value is -1.62. The molecule has 0 aliphatic carbocycles. The first-order valence-corrected chi connectivity index (χ1v) is 6.49. The van der Waals surface area contributed by atoms with Crippen LogP contribution in [0.5, 0.6) is 0 Å². The van der Waals surface area contributed by atoms with Crippen LogP contribution in [-0.4, -0.2) is 37.5 Å². The number of ether oxygens (including phenoxy) is 1. The summed E-state index contributed by atoms with van der Waals surface area (Å²) in [5.41, 5.74) is 2.04. The molecule has 0 unspecified atom stereocenters. The zero-order chi connectivity index (χ0) is 14.4. The lowest BCUT2D eigenvalue weighted by Gasteiger charge is -2.12. The van der Waals surface area contributed by atoms with E-state index in [1.165, 1.54) is 18.1 Å². The molecule has 19 heavy (non-hydrogen) atoms. The number of hydrogen-bond donors (Lipinski definition) is 0. The second-order valence-electron chi connectivity index (χ2n) is 4.13. The van der Waals surface area contributed by atoms with Crippen molar-refractivity contribution < 1.29 is 14.3 Å². The van der Waals surface area contributed by atoms with Crippen molar-refractivity contribution in [3.8, 4) is 0 Å². The Morgan fingerprint density at radius 2 is 2.11 bits per heavy atom. The third kappa shape index (κ3) is 4.87. The molecule has 0 bridgehead atoms. The highest BCUT2D eigenvalue weighted by molar-refractivity contribution is 9.10. The van der Waals surface area contributed by atoms with Gasteiger partial charge in [-0.05, 0) is 30.2 Å². The molecule has 0 fully saturated rings. The van der Waals surface area contributed by atoms with E-state index in [-0.39, 0.29) is 12.5 Å². The van der Waals surface area contributed by atoms with Crippen LogP contribution in [0.15, 0.2) is 28.7 Å². The van der Waals surface area contributed by atoms with Crippen LogP contribution in [0.2, 0.25) is 0 Å². The summed E-state index contributed by atoms with van der Waals surface area (Å²) in [5.74, 6) is -0.696. The lowest BCUT2D eigenvalue weighted by atomic mass is 10.1. The van der Waals surface area contributed by atoms with Crippen molar-refractivity contribution in [3.05, 3.63) is 39.9 Å². The maximum absolute atomic E-state index is 11.8. The van der Waals surface area contributed by atoms with E-state index in [0.717, 1.165) is 15.6 Å². The molecule has 0 aliphatic heterocycles. The molecule has 1 rings (SSSR count). The Balaban J connectivity index is 2.70. The molecule has 0 aliphatic rings. The van der Waals surface area contributed by atoms with E-state index in [4.69, 9.17) is 0 Å². The summed E-state index contributed by atoms with van der Waals surface area (Å²) < 4.78 is 5.42. The molecule has 0 saturated heterocycles. The molecular weight excluding hydrogens is 310 g/mol. The lowest BCUT2D eigenvalue weighted by Crippen LogP contribution is -2.31. The number of rotatable bonds is 4. The summed E-state index contributed by atoms with van der Waals surface area (Å²) in [5, 5.41) is 0. The monoisotopic (exact) mass is 325 g/mol. The smallest absolute Gasteiger partial charge is 0.325 e. The summed E-state index contributed by atoms with van der Waals surface area (Å²) in [6, 6.07) is 5.86. The Morgan fingerprint density at radius 1 is 1.42 bits per heavy atom. The quantitative estimate of drug-likeness (QED) is 0.630. The van der Waals surface area contributed by atoms with E-state index in [1.54, 1.807) is 13.1 Å². The molecule has 0 spiro atoms. The van der Waals surface area contributed by atoms with E-state index in [9.17, 15) is 9.59 Å². The molecule has 0 aromatic heterocycles. The molecule has 1 amide bonds. The first kappa shape index (κ1) is 15.4. The van der Waals surface area contributed by atoms with Crippen molar-refractivity contribution in [1.29, 1.82) is 0 Å². The maximum atomic E-state index is 11.8. The Kier molecular flexibility index (Phi) is 5.76. The van der Waals surface area contributed by atoms with Crippen molar-refractivity contribution in [1.82, 2.24) is 4.90 Å². The van der Waals surface area contributed by atoms with Crippen molar-refractivity contribution in [2.24, 2.45) is 0 Å². The van der Waals surface area contributed by atoms with Gasteiger partial charge in [0, 0.05) is 17.6 Å². The highest BCUT2D eigenvalue weighted by Gasteiger charge is 2.10.